The first-order valence-corrected chi connectivity index (χ1v) is 6.38. The maximum absolute atomic E-state index is 9.56. The smallest absolute Gasteiger partial charge is 0.322 e. The van der Waals surface area contributed by atoms with Crippen molar-refractivity contribution in [3.63, 3.8) is 0 Å². The normalized spacial score (nSPS) is 20.5. The van der Waals surface area contributed by atoms with Crippen LogP contribution in [-0.4, -0.2) is 9.79 Å². The van der Waals surface area contributed by atoms with Crippen LogP contribution in [0, 0.1) is 0 Å². The second-order valence-electron chi connectivity index (χ2n) is 1.18. The second-order valence-corrected chi connectivity index (χ2v) is 5.40. The number of nitrogens with two attached hydrogens (primary N) is 2. The van der Waals surface area contributed by atoms with Crippen molar-refractivity contribution in [1.82, 2.24) is 0 Å². The van der Waals surface area contributed by atoms with E-state index in [1.807, 2.05) is 0 Å². The van der Waals surface area contributed by atoms with Crippen molar-refractivity contribution in [2.24, 2.45) is 11.0 Å². The summed E-state index contributed by atoms with van der Waals surface area (Å²) >= 11 is 8.76. The first kappa shape index (κ1) is 14.4. The third kappa shape index (κ3) is 57.4. The highest BCUT2D eigenvalue weighted by atomic mass is 35.7. The van der Waals surface area contributed by atoms with Crippen molar-refractivity contribution in [3.05, 3.63) is 0 Å². The molecule has 2 atom stereocenters. The Morgan fingerprint density at radius 3 is 1.36 bits per heavy atom. The molecule has 0 aliphatic rings. The lowest BCUT2D eigenvalue weighted by Crippen LogP contribution is -1.89. The van der Waals surface area contributed by atoms with Crippen molar-refractivity contribution >= 4 is 37.7 Å². The molecule has 0 saturated carbocycles. The van der Waals surface area contributed by atoms with Crippen LogP contribution in [0.1, 0.15) is 0 Å². The minimum Gasteiger partial charge on any atom is -0.322 e. The van der Waals surface area contributed by atoms with Crippen LogP contribution >= 0.6 is 37.7 Å². The Kier molecular flexibility index (Phi) is 7.16. The van der Waals surface area contributed by atoms with Crippen LogP contribution in [-0.2, 0) is 13.2 Å². The predicted molar refractivity (Wildman–Crippen MR) is 40.8 cm³/mol. The summed E-state index contributed by atoms with van der Waals surface area (Å²) in [5, 5.41) is 0. The van der Waals surface area contributed by atoms with Gasteiger partial charge in [0.2, 0.25) is 0 Å². The van der Waals surface area contributed by atoms with Gasteiger partial charge < -0.3 is 9.79 Å². The van der Waals surface area contributed by atoms with Gasteiger partial charge in [0.25, 0.3) is 0 Å². The monoisotopic (exact) mass is 246 g/mol. The van der Waals surface area contributed by atoms with Crippen LogP contribution in [0.15, 0.2) is 0 Å². The summed E-state index contributed by atoms with van der Waals surface area (Å²) in [5.74, 6) is 0. The van der Waals surface area contributed by atoms with E-state index in [4.69, 9.17) is 9.79 Å². The molecule has 0 spiro atoms. The zero-order valence-corrected chi connectivity index (χ0v) is 8.22. The maximum atomic E-state index is 9.56. The van der Waals surface area contributed by atoms with Gasteiger partial charge in [0.15, 0.2) is 0 Å². The Morgan fingerprint density at radius 1 is 1.27 bits per heavy atom. The molecule has 70 valence electrons. The summed E-state index contributed by atoms with van der Waals surface area (Å²) in [6, 6.07) is 0. The molecular formula is H6Cl2N2O5P2. The Bertz CT molecular complexity index is 173. The molecule has 0 aliphatic carbocycles. The first-order valence-electron chi connectivity index (χ1n) is 1.79. The van der Waals surface area contributed by atoms with Crippen molar-refractivity contribution in [3.8, 4) is 0 Å². The molecule has 0 saturated heterocycles. The first-order chi connectivity index (χ1) is 4.56. The van der Waals surface area contributed by atoms with Crippen LogP contribution in [0.4, 0.5) is 0 Å². The molecule has 0 rings (SSSR count). The van der Waals surface area contributed by atoms with E-state index in [1.165, 1.54) is 0 Å². The van der Waals surface area contributed by atoms with E-state index in [0.717, 1.165) is 0 Å². The highest BCUT2D eigenvalue weighted by molar-refractivity contribution is 7.82. The van der Waals surface area contributed by atoms with Gasteiger partial charge in [0, 0.05) is 0 Å². The Morgan fingerprint density at radius 2 is 1.36 bits per heavy atom. The van der Waals surface area contributed by atoms with Gasteiger partial charge in [-0.25, -0.2) is 15.6 Å². The van der Waals surface area contributed by atoms with Gasteiger partial charge in [-0.15, -0.1) is 0 Å². The molecule has 6 N–H and O–H groups in total. The molecule has 0 aromatic heterocycles. The molecule has 0 radical (unpaired) electrons. The molecule has 0 aromatic rings. The molecule has 0 amide bonds. The number of hydrogen-bond acceptors (Lipinski definition) is 3. The fraction of sp³-hybridized carbons (Fsp3) is 0. The Hall–Kier alpha value is 0.840. The third-order valence-electron chi connectivity index (χ3n) is 0.0989. The van der Waals surface area contributed by atoms with Gasteiger partial charge in [-0.1, -0.05) is 0 Å². The summed E-state index contributed by atoms with van der Waals surface area (Å²) in [5.41, 5.74) is 8.52. The summed E-state index contributed by atoms with van der Waals surface area (Å²) < 4.78 is 22.2. The van der Waals surface area contributed by atoms with Gasteiger partial charge in [-0.2, -0.15) is 4.08 Å². The van der Waals surface area contributed by atoms with E-state index in [1.54, 1.807) is 0 Å². The molecule has 7 nitrogen and oxygen atoms in total. The van der Waals surface area contributed by atoms with E-state index in [9.17, 15) is 9.13 Å². The highest BCUT2D eigenvalue weighted by Gasteiger charge is 2.06. The molecule has 11 heavy (non-hydrogen) atoms. The molecule has 0 fully saturated rings. The average Bonchev–Trinajstić information content (AvgIpc) is 1.59. The third-order valence-corrected chi connectivity index (χ3v) is 0.890. The van der Waals surface area contributed by atoms with Gasteiger partial charge in [-0.05, 0) is 11.2 Å². The maximum Gasteiger partial charge on any atom is 0.416 e. The quantitative estimate of drug-likeness (QED) is 0.495. The SMILES string of the molecule is NP(=O)(O)Cl.NP(=O)(O)OCl. The van der Waals surface area contributed by atoms with Crippen LogP contribution < -0.4 is 11.0 Å². The van der Waals surface area contributed by atoms with E-state index in [-0.39, 0.29) is 0 Å². The highest BCUT2D eigenvalue weighted by Crippen LogP contribution is 2.35. The van der Waals surface area contributed by atoms with Crippen molar-refractivity contribution in [1.29, 1.82) is 0 Å². The minimum atomic E-state index is -3.88. The van der Waals surface area contributed by atoms with Crippen LogP contribution in [0.2, 0.25) is 0 Å². The predicted octanol–water partition coefficient (Wildman–Crippen LogP) is 0.500. The second kappa shape index (κ2) is 5.48. The molecular weight excluding hydrogens is 241 g/mol. The van der Waals surface area contributed by atoms with Crippen molar-refractivity contribution in [2.45, 2.75) is 0 Å². The van der Waals surface area contributed by atoms with E-state index >= 15 is 0 Å². The fourth-order valence-corrected chi connectivity index (χ4v) is 0. The van der Waals surface area contributed by atoms with Crippen LogP contribution in [0.5, 0.6) is 0 Å². The lowest BCUT2D eigenvalue weighted by atomic mass is 13.9. The molecule has 0 aromatic carbocycles. The standard InChI is InChI=1S/ClH3NO3P.ClH3NO2P/c1-5-6(2,3)4;1-5(2,3)4/h(H3,2,3,4);(H3,2,3,4). The van der Waals surface area contributed by atoms with Gasteiger partial charge in [0.1, 0.15) is 0 Å². The van der Waals surface area contributed by atoms with Crippen molar-refractivity contribution < 1.29 is 23.0 Å². The lowest BCUT2D eigenvalue weighted by Gasteiger charge is -1.91. The molecule has 11 heteroatoms. The summed E-state index contributed by atoms with van der Waals surface area (Å²) in [6.45, 7) is -3.67. The van der Waals surface area contributed by atoms with Crippen LogP contribution in [0.25, 0.3) is 0 Å². The molecule has 2 unspecified atom stereocenters. The fourth-order valence-electron chi connectivity index (χ4n) is 0. The molecule has 0 bridgehead atoms. The summed E-state index contributed by atoms with van der Waals surface area (Å²) in [4.78, 5) is 15.4. The number of rotatable bonds is 1. The zero-order chi connectivity index (χ0) is 9.71. The lowest BCUT2D eigenvalue weighted by molar-refractivity contribution is 0.395. The Labute approximate surface area is 72.3 Å². The van der Waals surface area contributed by atoms with Gasteiger partial charge in [0.05, 0.1) is 11.9 Å². The van der Waals surface area contributed by atoms with E-state index in [0.29, 0.717) is 0 Å². The summed E-state index contributed by atoms with van der Waals surface area (Å²) in [7, 11) is -3.88. The minimum absolute atomic E-state index is 3.30. The van der Waals surface area contributed by atoms with Gasteiger partial charge in [-0.3, -0.25) is 4.57 Å². The topological polar surface area (TPSA) is 136 Å². The zero-order valence-electron chi connectivity index (χ0n) is 4.92. The number of halogens is 2. The Balaban J connectivity index is 0. The molecule has 0 heterocycles. The summed E-state index contributed by atoms with van der Waals surface area (Å²) in [6.07, 6.45) is 0. The van der Waals surface area contributed by atoms with Gasteiger partial charge >= 0.3 is 14.6 Å². The van der Waals surface area contributed by atoms with E-state index < -0.39 is 14.6 Å². The van der Waals surface area contributed by atoms with E-state index in [2.05, 4.69) is 38.2 Å². The molecule has 0 aliphatic heterocycles. The number of hydrogen-bond donors (Lipinski definition) is 4. The average molecular weight is 247 g/mol. The van der Waals surface area contributed by atoms with Crippen molar-refractivity contribution in [2.75, 3.05) is 0 Å². The largest absolute Gasteiger partial charge is 0.416 e. The van der Waals surface area contributed by atoms with Crippen LogP contribution in [0.3, 0.4) is 0 Å².